The molecule has 1 aliphatic rings. The summed E-state index contributed by atoms with van der Waals surface area (Å²) < 4.78 is 5.59. The highest BCUT2D eigenvalue weighted by Gasteiger charge is 2.31. The molecule has 25 heavy (non-hydrogen) atoms. The number of anilines is 1. The van der Waals surface area contributed by atoms with Crippen LogP contribution in [-0.2, 0) is 4.79 Å². The number of amides is 1. The van der Waals surface area contributed by atoms with Gasteiger partial charge in [-0.2, -0.15) is 5.10 Å². The van der Waals surface area contributed by atoms with Crippen molar-refractivity contribution in [2.24, 2.45) is 5.10 Å². The normalized spacial score (nSPS) is 20.1. The van der Waals surface area contributed by atoms with Crippen LogP contribution in [0.25, 0.3) is 0 Å². The van der Waals surface area contributed by atoms with Gasteiger partial charge in [0.05, 0.1) is 12.3 Å². The van der Waals surface area contributed by atoms with Crippen LogP contribution in [0.15, 0.2) is 45.9 Å². The number of aryl methyl sites for hydroxylation is 1. The van der Waals surface area contributed by atoms with Crippen LogP contribution in [0.1, 0.15) is 29.5 Å². The van der Waals surface area contributed by atoms with Gasteiger partial charge in [0.25, 0.3) is 5.91 Å². The number of carbonyl (C=O) groups is 1. The Morgan fingerprint density at radius 1 is 1.24 bits per heavy atom. The molecular weight excluding hydrogens is 318 g/mol. The molecule has 0 spiro atoms. The molecule has 132 valence electrons. The van der Waals surface area contributed by atoms with Gasteiger partial charge in [0.1, 0.15) is 17.6 Å². The van der Waals surface area contributed by atoms with Gasteiger partial charge in [-0.1, -0.05) is 12.1 Å². The Bertz CT molecular complexity index is 751. The van der Waals surface area contributed by atoms with Crippen molar-refractivity contribution >= 4 is 17.8 Å². The number of hydrazone groups is 1. The van der Waals surface area contributed by atoms with Crippen molar-refractivity contribution in [3.63, 3.8) is 0 Å². The first-order valence-electron chi connectivity index (χ1n) is 8.20. The van der Waals surface area contributed by atoms with Crippen LogP contribution in [0, 0.1) is 6.92 Å². The van der Waals surface area contributed by atoms with Gasteiger partial charge in [-0.25, -0.2) is 16.3 Å². The molecule has 0 radical (unpaired) electrons. The number of hydrogen-bond acceptors (Lipinski definition) is 6. The van der Waals surface area contributed by atoms with Gasteiger partial charge in [-0.05, 0) is 43.2 Å². The summed E-state index contributed by atoms with van der Waals surface area (Å²) in [4.78, 5) is 14.2. The SMILES string of the molecule is Cc1ccc(C2CC(C(=O)N/N=C/c3ccc(N(C)C)cc3)NN2)o1. The molecule has 0 bridgehead atoms. The molecule has 1 saturated heterocycles. The summed E-state index contributed by atoms with van der Waals surface area (Å²) in [5, 5.41) is 4.03. The molecule has 1 aromatic heterocycles. The second-order valence-corrected chi connectivity index (χ2v) is 6.30. The maximum Gasteiger partial charge on any atom is 0.258 e. The molecule has 7 nitrogen and oxygen atoms in total. The Labute approximate surface area is 147 Å². The smallest absolute Gasteiger partial charge is 0.258 e. The highest BCUT2D eigenvalue weighted by atomic mass is 16.3. The van der Waals surface area contributed by atoms with Crippen LogP contribution < -0.4 is 21.2 Å². The van der Waals surface area contributed by atoms with E-state index in [4.69, 9.17) is 4.42 Å². The fourth-order valence-corrected chi connectivity index (χ4v) is 2.66. The average Bonchev–Trinajstić information content (AvgIpc) is 3.24. The molecule has 3 rings (SSSR count). The van der Waals surface area contributed by atoms with E-state index >= 15 is 0 Å². The van der Waals surface area contributed by atoms with Gasteiger partial charge in [0.2, 0.25) is 0 Å². The lowest BCUT2D eigenvalue weighted by Crippen LogP contribution is -2.41. The quantitative estimate of drug-likeness (QED) is 0.570. The fourth-order valence-electron chi connectivity index (χ4n) is 2.66. The Kier molecular flexibility index (Phi) is 5.16. The van der Waals surface area contributed by atoms with Crippen LogP contribution in [-0.4, -0.2) is 32.3 Å². The predicted octanol–water partition coefficient (Wildman–Crippen LogP) is 1.71. The maximum atomic E-state index is 12.2. The molecule has 2 aromatic rings. The minimum atomic E-state index is -0.358. The van der Waals surface area contributed by atoms with E-state index in [2.05, 4.69) is 21.4 Å². The van der Waals surface area contributed by atoms with Gasteiger partial charge in [-0.15, -0.1) is 0 Å². The molecule has 0 saturated carbocycles. The summed E-state index contributed by atoms with van der Waals surface area (Å²) in [5.41, 5.74) is 10.7. The zero-order valence-electron chi connectivity index (χ0n) is 14.6. The number of furan rings is 1. The van der Waals surface area contributed by atoms with Gasteiger partial charge >= 0.3 is 0 Å². The number of hydrazine groups is 1. The number of nitrogens with zero attached hydrogens (tertiary/aromatic N) is 2. The number of hydrogen-bond donors (Lipinski definition) is 3. The van der Waals surface area contributed by atoms with E-state index in [1.54, 1.807) is 6.21 Å². The zero-order valence-corrected chi connectivity index (χ0v) is 14.6. The molecule has 7 heteroatoms. The van der Waals surface area contributed by atoms with Gasteiger partial charge in [0.15, 0.2) is 0 Å². The third-order valence-corrected chi connectivity index (χ3v) is 4.12. The predicted molar refractivity (Wildman–Crippen MR) is 97.4 cm³/mol. The second-order valence-electron chi connectivity index (χ2n) is 6.30. The van der Waals surface area contributed by atoms with Gasteiger partial charge in [-0.3, -0.25) is 4.79 Å². The highest BCUT2D eigenvalue weighted by Crippen LogP contribution is 2.23. The molecular formula is C18H23N5O2. The fraction of sp³-hybridized carbons (Fsp3) is 0.333. The monoisotopic (exact) mass is 341 g/mol. The molecule has 2 heterocycles. The van der Waals surface area contributed by atoms with Crippen LogP contribution in [0.3, 0.4) is 0 Å². The van der Waals surface area contributed by atoms with E-state index in [0.717, 1.165) is 22.8 Å². The molecule has 1 amide bonds. The summed E-state index contributed by atoms with van der Waals surface area (Å²) >= 11 is 0. The van der Waals surface area contributed by atoms with Crippen molar-refractivity contribution < 1.29 is 9.21 Å². The van der Waals surface area contributed by atoms with Crippen LogP contribution in [0.2, 0.25) is 0 Å². The number of carbonyl (C=O) groups excluding carboxylic acids is 1. The Hall–Kier alpha value is -2.64. The number of nitrogens with one attached hydrogen (secondary N) is 3. The van der Waals surface area contributed by atoms with Crippen LogP contribution in [0.5, 0.6) is 0 Å². The average molecular weight is 341 g/mol. The molecule has 0 aliphatic carbocycles. The van der Waals surface area contributed by atoms with Crippen LogP contribution >= 0.6 is 0 Å². The Balaban J connectivity index is 1.51. The third kappa shape index (κ3) is 4.26. The molecule has 3 N–H and O–H groups in total. The van der Waals surface area contributed by atoms with Crippen molar-refractivity contribution in [2.75, 3.05) is 19.0 Å². The van der Waals surface area contributed by atoms with Crippen molar-refractivity contribution in [3.8, 4) is 0 Å². The van der Waals surface area contributed by atoms with Crippen molar-refractivity contribution in [2.45, 2.75) is 25.4 Å². The van der Waals surface area contributed by atoms with Gasteiger partial charge in [0, 0.05) is 19.8 Å². The lowest BCUT2D eigenvalue weighted by molar-refractivity contribution is -0.122. The molecule has 1 aliphatic heterocycles. The number of benzene rings is 1. The van der Waals surface area contributed by atoms with Crippen molar-refractivity contribution in [1.82, 2.24) is 16.3 Å². The summed E-state index contributed by atoms with van der Waals surface area (Å²) in [7, 11) is 3.98. The summed E-state index contributed by atoms with van der Waals surface area (Å²) in [6.07, 6.45) is 2.24. The van der Waals surface area contributed by atoms with E-state index in [-0.39, 0.29) is 18.0 Å². The lowest BCUT2D eigenvalue weighted by Gasteiger charge is -2.11. The Morgan fingerprint density at radius 3 is 2.64 bits per heavy atom. The maximum absolute atomic E-state index is 12.2. The summed E-state index contributed by atoms with van der Waals surface area (Å²) in [5.74, 6) is 1.50. The first kappa shape index (κ1) is 17.2. The van der Waals surface area contributed by atoms with Crippen molar-refractivity contribution in [3.05, 3.63) is 53.5 Å². The highest BCUT2D eigenvalue weighted by molar-refractivity contribution is 5.85. The first-order valence-corrected chi connectivity index (χ1v) is 8.20. The summed E-state index contributed by atoms with van der Waals surface area (Å²) in [6, 6.07) is 11.4. The first-order chi connectivity index (χ1) is 12.0. The minimum Gasteiger partial charge on any atom is -0.465 e. The largest absolute Gasteiger partial charge is 0.465 e. The minimum absolute atomic E-state index is 0.0213. The van der Waals surface area contributed by atoms with E-state index < -0.39 is 0 Å². The van der Waals surface area contributed by atoms with Gasteiger partial charge < -0.3 is 9.32 Å². The van der Waals surface area contributed by atoms with E-state index in [1.807, 2.05) is 62.3 Å². The van der Waals surface area contributed by atoms with Crippen molar-refractivity contribution in [1.29, 1.82) is 0 Å². The lowest BCUT2D eigenvalue weighted by atomic mass is 10.1. The standard InChI is InChI=1S/C18H23N5O2/c1-12-4-9-17(25-12)15-10-16(21-20-15)18(24)22-19-11-13-5-7-14(8-6-13)23(2)3/h4-9,11,15-16,20-21H,10H2,1-3H3,(H,22,24)/b19-11+. The van der Waals surface area contributed by atoms with E-state index in [9.17, 15) is 4.79 Å². The molecule has 2 unspecified atom stereocenters. The molecule has 1 aromatic carbocycles. The second kappa shape index (κ2) is 7.50. The third-order valence-electron chi connectivity index (χ3n) is 4.12. The summed E-state index contributed by atoms with van der Waals surface area (Å²) in [6.45, 7) is 1.90. The number of rotatable bonds is 5. The molecule has 2 atom stereocenters. The molecule has 1 fully saturated rings. The zero-order chi connectivity index (χ0) is 17.8. The van der Waals surface area contributed by atoms with E-state index in [1.165, 1.54) is 0 Å². The van der Waals surface area contributed by atoms with E-state index in [0.29, 0.717) is 6.42 Å². The van der Waals surface area contributed by atoms with Crippen LogP contribution in [0.4, 0.5) is 5.69 Å². The Morgan fingerprint density at radius 2 is 2.00 bits per heavy atom. The topological polar surface area (TPSA) is 81.9 Å².